The summed E-state index contributed by atoms with van der Waals surface area (Å²) >= 11 is 0. The highest BCUT2D eigenvalue weighted by Gasteiger charge is 2.29. The lowest BCUT2D eigenvalue weighted by Gasteiger charge is -2.26. The Morgan fingerprint density at radius 2 is 1.96 bits per heavy atom. The van der Waals surface area contributed by atoms with Crippen LogP contribution in [0.1, 0.15) is 49.8 Å². The first-order chi connectivity index (χ1) is 10.9. The Hall–Kier alpha value is -2.28. The van der Waals surface area contributed by atoms with Gasteiger partial charge in [-0.15, -0.1) is 10.2 Å². The summed E-state index contributed by atoms with van der Waals surface area (Å²) in [5.41, 5.74) is 0.778. The van der Waals surface area contributed by atoms with Crippen molar-refractivity contribution >= 4 is 5.69 Å². The van der Waals surface area contributed by atoms with Crippen LogP contribution >= 0.6 is 0 Å². The van der Waals surface area contributed by atoms with Gasteiger partial charge in [0.1, 0.15) is 11.6 Å². The predicted octanol–water partition coefficient (Wildman–Crippen LogP) is 2.63. The Labute approximate surface area is 134 Å². The number of aromatic nitrogens is 3. The van der Waals surface area contributed by atoms with E-state index in [4.69, 9.17) is 0 Å². The number of benzene rings is 1. The van der Waals surface area contributed by atoms with Crippen LogP contribution in [-0.2, 0) is 19.1 Å². The van der Waals surface area contributed by atoms with Gasteiger partial charge in [-0.1, -0.05) is 12.1 Å². The highest BCUT2D eigenvalue weighted by Crippen LogP contribution is 2.38. The molecule has 0 unspecified atom stereocenters. The molecule has 122 valence electrons. The van der Waals surface area contributed by atoms with Gasteiger partial charge in [-0.25, -0.2) is 0 Å². The molecule has 7 heteroatoms. The molecule has 1 fully saturated rings. The topological polar surface area (TPSA) is 85.9 Å². The van der Waals surface area contributed by atoms with Crippen LogP contribution in [0.5, 0.6) is 0 Å². The lowest BCUT2D eigenvalue weighted by atomic mass is 9.94. The van der Waals surface area contributed by atoms with Crippen LogP contribution in [0.15, 0.2) is 24.3 Å². The summed E-state index contributed by atoms with van der Waals surface area (Å²) < 4.78 is 2.07. The molecule has 1 aromatic carbocycles. The van der Waals surface area contributed by atoms with Gasteiger partial charge in [0.15, 0.2) is 0 Å². The fourth-order valence-electron chi connectivity index (χ4n) is 2.63. The molecule has 1 aromatic heterocycles. The number of rotatable bonds is 6. The lowest BCUT2D eigenvalue weighted by molar-refractivity contribution is -0.384. The van der Waals surface area contributed by atoms with Gasteiger partial charge in [-0.3, -0.25) is 10.1 Å². The van der Waals surface area contributed by atoms with E-state index in [-0.39, 0.29) is 16.1 Å². The van der Waals surface area contributed by atoms with E-state index in [0.29, 0.717) is 12.5 Å². The SMILES string of the molecule is Cn1c(CNC(C)(C)c2ccc([N+](=O)[O-])cc2)nnc1C1CC1. The third kappa shape index (κ3) is 3.24. The van der Waals surface area contributed by atoms with E-state index in [0.717, 1.165) is 17.2 Å². The largest absolute Gasteiger partial charge is 0.317 e. The molecule has 0 amide bonds. The molecule has 1 N–H and O–H groups in total. The van der Waals surface area contributed by atoms with E-state index in [9.17, 15) is 10.1 Å². The average molecular weight is 315 g/mol. The molecule has 0 spiro atoms. The highest BCUT2D eigenvalue weighted by atomic mass is 16.6. The molecule has 0 atom stereocenters. The maximum atomic E-state index is 10.7. The summed E-state index contributed by atoms with van der Waals surface area (Å²) in [6.07, 6.45) is 2.40. The Bertz CT molecular complexity index is 717. The molecule has 1 heterocycles. The van der Waals surface area contributed by atoms with Crippen LogP contribution in [0.25, 0.3) is 0 Å². The number of hydrogen-bond donors (Lipinski definition) is 1. The van der Waals surface area contributed by atoms with Crippen molar-refractivity contribution in [1.82, 2.24) is 20.1 Å². The maximum Gasteiger partial charge on any atom is 0.269 e. The molecular weight excluding hydrogens is 294 g/mol. The Balaban J connectivity index is 1.69. The number of non-ortho nitro benzene ring substituents is 1. The highest BCUT2D eigenvalue weighted by molar-refractivity contribution is 5.35. The zero-order valence-electron chi connectivity index (χ0n) is 13.6. The van der Waals surface area contributed by atoms with E-state index < -0.39 is 0 Å². The molecule has 1 aliphatic carbocycles. The van der Waals surface area contributed by atoms with Crippen molar-refractivity contribution in [2.75, 3.05) is 0 Å². The van der Waals surface area contributed by atoms with Crippen molar-refractivity contribution in [3.05, 3.63) is 51.6 Å². The van der Waals surface area contributed by atoms with Crippen LogP contribution < -0.4 is 5.32 Å². The lowest BCUT2D eigenvalue weighted by Crippen LogP contribution is -2.36. The molecule has 3 rings (SSSR count). The Kier molecular flexibility index (Phi) is 3.89. The van der Waals surface area contributed by atoms with Crippen molar-refractivity contribution < 1.29 is 4.92 Å². The molecule has 0 saturated heterocycles. The van der Waals surface area contributed by atoms with E-state index >= 15 is 0 Å². The Morgan fingerprint density at radius 3 is 2.52 bits per heavy atom. The molecule has 2 aromatic rings. The number of nitrogens with zero attached hydrogens (tertiary/aromatic N) is 4. The van der Waals surface area contributed by atoms with Crippen LogP contribution in [0, 0.1) is 10.1 Å². The summed E-state index contributed by atoms with van der Waals surface area (Å²) in [6.45, 7) is 4.69. The van der Waals surface area contributed by atoms with E-state index in [1.165, 1.54) is 25.0 Å². The van der Waals surface area contributed by atoms with E-state index in [1.807, 2.05) is 20.9 Å². The second-order valence-corrected chi connectivity index (χ2v) is 6.59. The maximum absolute atomic E-state index is 10.7. The van der Waals surface area contributed by atoms with Crippen LogP contribution in [0.3, 0.4) is 0 Å². The third-order valence-electron chi connectivity index (χ3n) is 4.43. The fourth-order valence-corrected chi connectivity index (χ4v) is 2.63. The quantitative estimate of drug-likeness (QED) is 0.654. The molecular formula is C16H21N5O2. The number of nitro groups is 1. The van der Waals surface area contributed by atoms with Crippen molar-refractivity contribution in [1.29, 1.82) is 0 Å². The first kappa shape index (κ1) is 15.6. The van der Waals surface area contributed by atoms with Crippen LogP contribution in [0.2, 0.25) is 0 Å². The van der Waals surface area contributed by atoms with Crippen molar-refractivity contribution in [2.24, 2.45) is 7.05 Å². The minimum atomic E-state index is -0.386. The minimum Gasteiger partial charge on any atom is -0.317 e. The zero-order valence-corrected chi connectivity index (χ0v) is 13.6. The molecule has 7 nitrogen and oxygen atoms in total. The summed E-state index contributed by atoms with van der Waals surface area (Å²) in [5, 5.41) is 22.8. The standard InChI is InChI=1S/C16H21N5O2/c1-16(2,12-6-8-13(9-7-12)21(22)23)17-10-14-18-19-15(20(14)3)11-4-5-11/h6-9,11,17H,4-5,10H2,1-3H3. The minimum absolute atomic E-state index is 0.104. The van der Waals surface area contributed by atoms with Gasteiger partial charge >= 0.3 is 0 Å². The first-order valence-electron chi connectivity index (χ1n) is 7.76. The van der Waals surface area contributed by atoms with Gasteiger partial charge in [-0.05, 0) is 32.3 Å². The second-order valence-electron chi connectivity index (χ2n) is 6.59. The van der Waals surface area contributed by atoms with Gasteiger partial charge in [-0.2, -0.15) is 0 Å². The summed E-state index contributed by atoms with van der Waals surface area (Å²) in [4.78, 5) is 10.4. The second kappa shape index (κ2) is 5.73. The van der Waals surface area contributed by atoms with Gasteiger partial charge in [0.2, 0.25) is 0 Å². The van der Waals surface area contributed by atoms with Gasteiger partial charge < -0.3 is 9.88 Å². The zero-order chi connectivity index (χ0) is 16.6. The molecule has 0 radical (unpaired) electrons. The average Bonchev–Trinajstić information content (AvgIpc) is 3.29. The molecule has 0 bridgehead atoms. The van der Waals surface area contributed by atoms with Crippen molar-refractivity contribution in [2.45, 2.75) is 44.7 Å². The summed E-state index contributed by atoms with van der Waals surface area (Å²) in [5.74, 6) is 2.54. The number of hydrogen-bond acceptors (Lipinski definition) is 5. The predicted molar refractivity (Wildman–Crippen MR) is 85.9 cm³/mol. The van der Waals surface area contributed by atoms with Crippen molar-refractivity contribution in [3.8, 4) is 0 Å². The third-order valence-corrected chi connectivity index (χ3v) is 4.43. The smallest absolute Gasteiger partial charge is 0.269 e. The molecule has 0 aliphatic heterocycles. The van der Waals surface area contributed by atoms with E-state index in [1.54, 1.807) is 12.1 Å². The number of nitro benzene ring substituents is 1. The monoisotopic (exact) mass is 315 g/mol. The first-order valence-corrected chi connectivity index (χ1v) is 7.76. The van der Waals surface area contributed by atoms with E-state index in [2.05, 4.69) is 20.1 Å². The van der Waals surface area contributed by atoms with Crippen LogP contribution in [-0.4, -0.2) is 19.7 Å². The van der Waals surface area contributed by atoms with Gasteiger partial charge in [0.25, 0.3) is 5.69 Å². The van der Waals surface area contributed by atoms with Gasteiger partial charge in [0, 0.05) is 30.6 Å². The molecule has 1 aliphatic rings. The van der Waals surface area contributed by atoms with Gasteiger partial charge in [0.05, 0.1) is 11.5 Å². The summed E-state index contributed by atoms with van der Waals surface area (Å²) in [7, 11) is 2.00. The molecule has 1 saturated carbocycles. The number of nitrogens with one attached hydrogen (secondary N) is 1. The van der Waals surface area contributed by atoms with Crippen LogP contribution in [0.4, 0.5) is 5.69 Å². The summed E-state index contributed by atoms with van der Waals surface area (Å²) in [6, 6.07) is 6.65. The fraction of sp³-hybridized carbons (Fsp3) is 0.500. The van der Waals surface area contributed by atoms with Crippen molar-refractivity contribution in [3.63, 3.8) is 0 Å². The molecule has 23 heavy (non-hydrogen) atoms. The Morgan fingerprint density at radius 1 is 1.30 bits per heavy atom. The normalized spacial score (nSPS) is 14.9.